The van der Waals surface area contributed by atoms with Crippen molar-refractivity contribution in [3.63, 3.8) is 0 Å². The van der Waals surface area contributed by atoms with Crippen LogP contribution in [0.25, 0.3) is 0 Å². The summed E-state index contributed by atoms with van der Waals surface area (Å²) in [4.78, 5) is 13.0. The standard InChI is InChI=1S/C12H19F2N3O2/c1-8-10(9(2)16(3)15-8)6-12(19)17(4-5-18)7-11(13)14/h11,18H,4-7H2,1-3H3. The molecule has 0 fully saturated rings. The van der Waals surface area contributed by atoms with Crippen LogP contribution in [0.4, 0.5) is 8.78 Å². The second-order valence-electron chi connectivity index (χ2n) is 4.40. The monoisotopic (exact) mass is 275 g/mol. The molecule has 1 amide bonds. The van der Waals surface area contributed by atoms with E-state index in [1.54, 1.807) is 18.7 Å². The molecule has 0 saturated carbocycles. The first-order valence-electron chi connectivity index (χ1n) is 6.02. The zero-order chi connectivity index (χ0) is 14.6. The van der Waals surface area contributed by atoms with Gasteiger partial charge in [0.15, 0.2) is 0 Å². The molecular weight excluding hydrogens is 256 g/mol. The highest BCUT2D eigenvalue weighted by atomic mass is 19.3. The number of rotatable bonds is 6. The average Bonchev–Trinajstić information content (AvgIpc) is 2.55. The van der Waals surface area contributed by atoms with Crippen molar-refractivity contribution in [1.29, 1.82) is 0 Å². The van der Waals surface area contributed by atoms with E-state index in [-0.39, 0.29) is 19.6 Å². The Morgan fingerprint density at radius 3 is 2.53 bits per heavy atom. The van der Waals surface area contributed by atoms with Gasteiger partial charge in [0.1, 0.15) is 0 Å². The van der Waals surface area contributed by atoms with Crippen LogP contribution in [-0.4, -0.2) is 51.8 Å². The number of nitrogens with zero attached hydrogens (tertiary/aromatic N) is 3. The van der Waals surface area contributed by atoms with E-state index in [1.165, 1.54) is 0 Å². The molecule has 0 aliphatic rings. The number of carbonyl (C=O) groups excluding carboxylic acids is 1. The summed E-state index contributed by atoms with van der Waals surface area (Å²) in [5, 5.41) is 13.0. The summed E-state index contributed by atoms with van der Waals surface area (Å²) in [6.45, 7) is 2.54. The maximum atomic E-state index is 12.4. The van der Waals surface area contributed by atoms with E-state index < -0.39 is 18.9 Å². The molecule has 0 bridgehead atoms. The van der Waals surface area contributed by atoms with Gasteiger partial charge in [0, 0.05) is 24.8 Å². The van der Waals surface area contributed by atoms with Gasteiger partial charge in [-0.05, 0) is 13.8 Å². The Morgan fingerprint density at radius 1 is 1.47 bits per heavy atom. The number of halogens is 2. The molecule has 0 unspecified atom stereocenters. The van der Waals surface area contributed by atoms with Crippen LogP contribution in [0.5, 0.6) is 0 Å². The van der Waals surface area contributed by atoms with Crippen LogP contribution in [0.1, 0.15) is 17.0 Å². The third-order valence-corrected chi connectivity index (χ3v) is 3.07. The van der Waals surface area contributed by atoms with E-state index in [1.807, 2.05) is 6.92 Å². The molecule has 1 aromatic rings. The summed E-state index contributed by atoms with van der Waals surface area (Å²) in [6.07, 6.45) is -2.58. The van der Waals surface area contributed by atoms with Gasteiger partial charge in [-0.25, -0.2) is 8.78 Å². The van der Waals surface area contributed by atoms with Gasteiger partial charge in [-0.3, -0.25) is 9.48 Å². The predicted octanol–water partition coefficient (Wildman–Crippen LogP) is 0.665. The number of carbonyl (C=O) groups is 1. The lowest BCUT2D eigenvalue weighted by atomic mass is 10.1. The molecule has 1 N–H and O–H groups in total. The zero-order valence-electron chi connectivity index (χ0n) is 11.4. The topological polar surface area (TPSA) is 58.4 Å². The lowest BCUT2D eigenvalue weighted by Gasteiger charge is -2.21. The smallest absolute Gasteiger partial charge is 0.255 e. The minimum Gasteiger partial charge on any atom is -0.395 e. The van der Waals surface area contributed by atoms with Gasteiger partial charge in [-0.2, -0.15) is 5.10 Å². The fraction of sp³-hybridized carbons (Fsp3) is 0.667. The van der Waals surface area contributed by atoms with E-state index in [9.17, 15) is 13.6 Å². The van der Waals surface area contributed by atoms with Gasteiger partial charge < -0.3 is 10.0 Å². The zero-order valence-corrected chi connectivity index (χ0v) is 11.4. The van der Waals surface area contributed by atoms with Gasteiger partial charge in [-0.1, -0.05) is 0 Å². The third-order valence-electron chi connectivity index (χ3n) is 3.07. The molecule has 0 aliphatic carbocycles. The number of aliphatic hydroxyl groups excluding tert-OH is 1. The van der Waals surface area contributed by atoms with Gasteiger partial charge in [-0.15, -0.1) is 0 Å². The highest BCUT2D eigenvalue weighted by Gasteiger charge is 2.21. The number of aromatic nitrogens is 2. The SMILES string of the molecule is Cc1nn(C)c(C)c1CC(=O)N(CCO)CC(F)F. The minimum atomic E-state index is -2.61. The second-order valence-corrected chi connectivity index (χ2v) is 4.40. The summed E-state index contributed by atoms with van der Waals surface area (Å²) in [5.41, 5.74) is 2.31. The van der Waals surface area contributed by atoms with Crippen molar-refractivity contribution < 1.29 is 18.7 Å². The summed E-state index contributed by atoms with van der Waals surface area (Å²) in [7, 11) is 1.76. The molecular formula is C12H19F2N3O2. The number of alkyl halides is 2. The maximum absolute atomic E-state index is 12.4. The van der Waals surface area contributed by atoms with Gasteiger partial charge in [0.2, 0.25) is 5.91 Å². The van der Waals surface area contributed by atoms with E-state index in [0.717, 1.165) is 16.2 Å². The Kier molecular flexibility index (Phi) is 5.41. The van der Waals surface area contributed by atoms with Crippen LogP contribution in [0.15, 0.2) is 0 Å². The largest absolute Gasteiger partial charge is 0.395 e. The first-order valence-corrected chi connectivity index (χ1v) is 6.02. The second kappa shape index (κ2) is 6.60. The van der Waals surface area contributed by atoms with E-state index in [0.29, 0.717) is 5.69 Å². The first-order chi connectivity index (χ1) is 8.86. The van der Waals surface area contributed by atoms with E-state index >= 15 is 0 Å². The molecule has 19 heavy (non-hydrogen) atoms. The van der Waals surface area contributed by atoms with Crippen molar-refractivity contribution in [2.75, 3.05) is 19.7 Å². The molecule has 0 radical (unpaired) electrons. The number of hydrogen-bond donors (Lipinski definition) is 1. The third kappa shape index (κ3) is 3.99. The van der Waals surface area contributed by atoms with Crippen LogP contribution in [0.3, 0.4) is 0 Å². The van der Waals surface area contributed by atoms with Crippen molar-refractivity contribution in [1.82, 2.24) is 14.7 Å². The highest BCUT2D eigenvalue weighted by molar-refractivity contribution is 5.79. The van der Waals surface area contributed by atoms with Crippen LogP contribution in [0, 0.1) is 13.8 Å². The molecule has 108 valence electrons. The average molecular weight is 275 g/mol. The normalized spacial score (nSPS) is 11.1. The van der Waals surface area contributed by atoms with Crippen molar-refractivity contribution in [3.8, 4) is 0 Å². The fourth-order valence-electron chi connectivity index (χ4n) is 1.94. The van der Waals surface area contributed by atoms with Crippen LogP contribution < -0.4 is 0 Å². The summed E-state index contributed by atoms with van der Waals surface area (Å²) in [5.74, 6) is -0.423. The van der Waals surface area contributed by atoms with Crippen molar-refractivity contribution in [2.24, 2.45) is 7.05 Å². The molecule has 0 aromatic carbocycles. The molecule has 1 rings (SSSR count). The lowest BCUT2D eigenvalue weighted by molar-refractivity contribution is -0.133. The molecule has 0 saturated heterocycles. The number of aryl methyl sites for hydroxylation is 2. The molecule has 1 heterocycles. The molecule has 7 heteroatoms. The van der Waals surface area contributed by atoms with Crippen molar-refractivity contribution >= 4 is 5.91 Å². The Balaban J connectivity index is 2.81. The molecule has 0 aliphatic heterocycles. The maximum Gasteiger partial charge on any atom is 0.255 e. The van der Waals surface area contributed by atoms with Gasteiger partial charge in [0.25, 0.3) is 6.43 Å². The lowest BCUT2D eigenvalue weighted by Crippen LogP contribution is -2.38. The molecule has 1 aromatic heterocycles. The Bertz CT molecular complexity index is 446. The predicted molar refractivity (Wildman–Crippen MR) is 66.1 cm³/mol. The van der Waals surface area contributed by atoms with Crippen LogP contribution in [0.2, 0.25) is 0 Å². The quantitative estimate of drug-likeness (QED) is 0.830. The summed E-state index contributed by atoms with van der Waals surface area (Å²) in [6, 6.07) is 0. The van der Waals surface area contributed by atoms with Crippen molar-refractivity contribution in [2.45, 2.75) is 26.7 Å². The minimum absolute atomic E-state index is 0.0260. The number of hydrogen-bond acceptors (Lipinski definition) is 3. The van der Waals surface area contributed by atoms with Gasteiger partial charge >= 0.3 is 0 Å². The van der Waals surface area contributed by atoms with Crippen LogP contribution in [-0.2, 0) is 18.3 Å². The van der Waals surface area contributed by atoms with Crippen LogP contribution >= 0.6 is 0 Å². The van der Waals surface area contributed by atoms with E-state index in [2.05, 4.69) is 5.10 Å². The molecule has 0 atom stereocenters. The van der Waals surface area contributed by atoms with Crippen molar-refractivity contribution in [3.05, 3.63) is 17.0 Å². The first kappa shape index (κ1) is 15.6. The Labute approximate surface area is 110 Å². The summed E-state index contributed by atoms with van der Waals surface area (Å²) < 4.78 is 26.4. The fourth-order valence-corrected chi connectivity index (χ4v) is 1.94. The number of aliphatic hydroxyl groups is 1. The van der Waals surface area contributed by atoms with Gasteiger partial charge in [0.05, 0.1) is 25.3 Å². The highest BCUT2D eigenvalue weighted by Crippen LogP contribution is 2.14. The molecule has 5 nitrogen and oxygen atoms in total. The summed E-state index contributed by atoms with van der Waals surface area (Å²) >= 11 is 0. The molecule has 0 spiro atoms. The Morgan fingerprint density at radius 2 is 2.11 bits per heavy atom. The Hall–Kier alpha value is -1.50. The number of amides is 1. The van der Waals surface area contributed by atoms with E-state index in [4.69, 9.17) is 5.11 Å².